The summed E-state index contributed by atoms with van der Waals surface area (Å²) in [6, 6.07) is 7.28. The second-order valence-electron chi connectivity index (χ2n) is 2.06. The summed E-state index contributed by atoms with van der Waals surface area (Å²) in [5.41, 5.74) is 4.46. The highest BCUT2D eigenvalue weighted by molar-refractivity contribution is 7.80. The van der Waals surface area contributed by atoms with Gasteiger partial charge in [-0.2, -0.15) is 0 Å². The highest BCUT2D eigenvalue weighted by Gasteiger charge is 1.93. The van der Waals surface area contributed by atoms with Gasteiger partial charge in [-0.15, -0.1) is 0 Å². The summed E-state index contributed by atoms with van der Waals surface area (Å²) < 4.78 is 0. The molecule has 0 aliphatic carbocycles. The summed E-state index contributed by atoms with van der Waals surface area (Å²) >= 11 is 10.4. The Kier molecular flexibility index (Phi) is 2.82. The predicted molar refractivity (Wildman–Crippen MR) is 50.6 cm³/mol. The lowest BCUT2D eigenvalue weighted by Crippen LogP contribution is -2.59. The molecule has 0 heterocycles. The molecule has 0 saturated heterocycles. The van der Waals surface area contributed by atoms with Crippen molar-refractivity contribution in [2.45, 2.75) is 0 Å². The number of thiocarbonyl (C=S) groups is 1. The van der Waals surface area contributed by atoms with Crippen molar-refractivity contribution in [2.24, 2.45) is 0 Å². The molecule has 4 heteroatoms. The van der Waals surface area contributed by atoms with Crippen LogP contribution in [0, 0.1) is 0 Å². The molecule has 0 bridgehead atoms. The van der Waals surface area contributed by atoms with Gasteiger partial charge in [0.1, 0.15) is 0 Å². The van der Waals surface area contributed by atoms with Crippen molar-refractivity contribution < 1.29 is 5.73 Å². The van der Waals surface area contributed by atoms with Crippen molar-refractivity contribution in [3.8, 4) is 0 Å². The Bertz CT molecular complexity index is 258. The maximum atomic E-state index is 5.67. The van der Waals surface area contributed by atoms with Crippen LogP contribution in [0.4, 0.5) is 5.69 Å². The molecule has 4 N–H and O–H groups in total. The third-order valence-electron chi connectivity index (χ3n) is 1.13. The van der Waals surface area contributed by atoms with Crippen LogP contribution in [0.15, 0.2) is 24.3 Å². The molecule has 0 spiro atoms. The van der Waals surface area contributed by atoms with Crippen molar-refractivity contribution >= 4 is 34.6 Å². The molecule has 0 unspecified atom stereocenters. The zero-order valence-electron chi connectivity index (χ0n) is 5.80. The van der Waals surface area contributed by atoms with Crippen LogP contribution in [-0.2, 0) is 0 Å². The van der Waals surface area contributed by atoms with Crippen molar-refractivity contribution in [1.82, 2.24) is 0 Å². The topological polar surface area (TPSA) is 39.7 Å². The number of rotatable bonds is 1. The number of halogens is 1. The zero-order valence-corrected chi connectivity index (χ0v) is 7.38. The molecule has 0 amide bonds. The van der Waals surface area contributed by atoms with Gasteiger partial charge < -0.3 is 11.1 Å². The molecule has 1 aromatic rings. The Morgan fingerprint density at radius 3 is 2.36 bits per heavy atom. The van der Waals surface area contributed by atoms with E-state index < -0.39 is 0 Å². The van der Waals surface area contributed by atoms with E-state index in [2.05, 4.69) is 11.1 Å². The van der Waals surface area contributed by atoms with E-state index in [1.807, 2.05) is 12.1 Å². The number of hydrogen-bond donors (Lipinski definition) is 2. The van der Waals surface area contributed by atoms with Gasteiger partial charge in [0.15, 0.2) is 0 Å². The standard InChI is InChI=1S/C7H7ClN2S/c8-5-1-3-6(4-2-5)10-7(9)11/h1-4H,(H3,9,10,11)/p+1. The van der Waals surface area contributed by atoms with Gasteiger partial charge in [0, 0.05) is 22.9 Å². The monoisotopic (exact) mass is 187 g/mol. The quantitative estimate of drug-likeness (QED) is 0.651. The van der Waals surface area contributed by atoms with Gasteiger partial charge in [-0.25, -0.2) is 0 Å². The van der Waals surface area contributed by atoms with E-state index in [9.17, 15) is 0 Å². The van der Waals surface area contributed by atoms with Gasteiger partial charge in [-0.3, -0.25) is 0 Å². The summed E-state index contributed by atoms with van der Waals surface area (Å²) in [6.07, 6.45) is 0. The first-order chi connectivity index (χ1) is 5.18. The van der Waals surface area contributed by atoms with Crippen LogP contribution in [0.1, 0.15) is 0 Å². The second kappa shape index (κ2) is 3.67. The fourth-order valence-electron chi connectivity index (χ4n) is 0.694. The van der Waals surface area contributed by atoms with Crippen LogP contribution in [0.25, 0.3) is 0 Å². The van der Waals surface area contributed by atoms with Gasteiger partial charge in [-0.05, 0) is 24.3 Å². The maximum Gasteiger partial charge on any atom is 0.269 e. The van der Waals surface area contributed by atoms with E-state index in [-0.39, 0.29) is 0 Å². The Labute approximate surface area is 75.3 Å². The van der Waals surface area contributed by atoms with E-state index in [1.165, 1.54) is 0 Å². The molecule has 0 aromatic heterocycles. The number of nitrogens with one attached hydrogen (secondary N) is 1. The fourth-order valence-corrected chi connectivity index (χ4v) is 0.938. The van der Waals surface area contributed by atoms with Crippen LogP contribution in [0.2, 0.25) is 5.02 Å². The molecule has 1 rings (SSSR count). The summed E-state index contributed by atoms with van der Waals surface area (Å²) in [7, 11) is 0. The third-order valence-corrected chi connectivity index (χ3v) is 1.48. The summed E-state index contributed by atoms with van der Waals surface area (Å²) in [5.74, 6) is 0. The lowest BCUT2D eigenvalue weighted by atomic mass is 10.3. The second-order valence-corrected chi connectivity index (χ2v) is 2.98. The van der Waals surface area contributed by atoms with E-state index in [1.54, 1.807) is 12.1 Å². The normalized spacial score (nSPS) is 9.27. The Morgan fingerprint density at radius 2 is 1.91 bits per heavy atom. The minimum absolute atomic E-state index is 0.507. The number of quaternary nitrogens is 1. The van der Waals surface area contributed by atoms with Crippen LogP contribution >= 0.6 is 23.8 Å². The summed E-state index contributed by atoms with van der Waals surface area (Å²) in [4.78, 5) is 0. The van der Waals surface area contributed by atoms with Crippen molar-refractivity contribution in [3.05, 3.63) is 29.3 Å². The lowest BCUT2D eigenvalue weighted by Gasteiger charge is -1.99. The molecule has 1 aromatic carbocycles. The van der Waals surface area contributed by atoms with Gasteiger partial charge in [0.25, 0.3) is 5.11 Å². The van der Waals surface area contributed by atoms with Crippen LogP contribution in [0.3, 0.4) is 0 Å². The molecule has 0 saturated carbocycles. The van der Waals surface area contributed by atoms with Crippen LogP contribution in [-0.4, -0.2) is 5.11 Å². The van der Waals surface area contributed by atoms with Gasteiger partial charge >= 0.3 is 0 Å². The van der Waals surface area contributed by atoms with E-state index in [0.29, 0.717) is 10.1 Å². The maximum absolute atomic E-state index is 5.67. The first-order valence-electron chi connectivity index (χ1n) is 3.07. The lowest BCUT2D eigenvalue weighted by molar-refractivity contribution is -0.208. The first kappa shape index (κ1) is 8.46. The molecule has 58 valence electrons. The number of anilines is 1. The van der Waals surface area contributed by atoms with Gasteiger partial charge in [0.2, 0.25) is 0 Å². The molecular formula is C7H8ClN2S+. The molecule has 0 aliphatic heterocycles. The Morgan fingerprint density at radius 1 is 1.36 bits per heavy atom. The first-order valence-corrected chi connectivity index (χ1v) is 3.85. The SMILES string of the molecule is [NH3+]C(=S)Nc1ccc(Cl)cc1. The van der Waals surface area contributed by atoms with E-state index in [0.717, 1.165) is 5.69 Å². The molecule has 0 aliphatic rings. The van der Waals surface area contributed by atoms with Crippen molar-refractivity contribution in [3.63, 3.8) is 0 Å². The molecule has 2 nitrogen and oxygen atoms in total. The number of benzene rings is 1. The number of hydrogen-bond acceptors (Lipinski definition) is 1. The molecule has 0 fully saturated rings. The zero-order chi connectivity index (χ0) is 8.27. The highest BCUT2D eigenvalue weighted by Crippen LogP contribution is 2.12. The highest BCUT2D eigenvalue weighted by atomic mass is 35.5. The minimum Gasteiger partial charge on any atom is -0.301 e. The Hall–Kier alpha value is -0.640. The summed E-state index contributed by atoms with van der Waals surface area (Å²) in [6.45, 7) is 0. The van der Waals surface area contributed by atoms with Gasteiger partial charge in [0.05, 0.1) is 0 Å². The smallest absolute Gasteiger partial charge is 0.269 e. The van der Waals surface area contributed by atoms with E-state index >= 15 is 0 Å². The Balaban J connectivity index is 2.74. The van der Waals surface area contributed by atoms with Crippen molar-refractivity contribution in [1.29, 1.82) is 0 Å². The predicted octanol–water partition coefficient (Wildman–Crippen LogP) is 1.28. The minimum atomic E-state index is 0.507. The van der Waals surface area contributed by atoms with Crippen LogP contribution in [0.5, 0.6) is 0 Å². The van der Waals surface area contributed by atoms with Crippen LogP contribution < -0.4 is 11.1 Å². The fraction of sp³-hybridized carbons (Fsp3) is 0. The van der Waals surface area contributed by atoms with Crippen molar-refractivity contribution in [2.75, 3.05) is 5.32 Å². The largest absolute Gasteiger partial charge is 0.301 e. The average molecular weight is 188 g/mol. The van der Waals surface area contributed by atoms with Gasteiger partial charge in [-0.1, -0.05) is 11.6 Å². The summed E-state index contributed by atoms with van der Waals surface area (Å²) in [5, 5.41) is 4.11. The average Bonchev–Trinajstić information content (AvgIpc) is 1.93. The molecule has 0 radical (unpaired) electrons. The molecular weight excluding hydrogens is 180 g/mol. The molecule has 11 heavy (non-hydrogen) atoms. The third kappa shape index (κ3) is 2.84. The molecule has 0 atom stereocenters. The van der Waals surface area contributed by atoms with E-state index in [4.69, 9.17) is 23.8 Å².